The summed E-state index contributed by atoms with van der Waals surface area (Å²) in [6, 6.07) is 1.75. The second-order valence-electron chi connectivity index (χ2n) is 13.4. The molecule has 3 heterocycles. The largest absolute Gasteiger partial charge is 0.444 e. The lowest BCUT2D eigenvalue weighted by molar-refractivity contribution is -0.133. The topological polar surface area (TPSA) is 103 Å². The molecule has 1 aromatic carbocycles. The molecule has 3 aliphatic heterocycles. The third-order valence-corrected chi connectivity index (χ3v) is 9.07. The van der Waals surface area contributed by atoms with Crippen molar-refractivity contribution < 1.29 is 27.9 Å². The molecule has 9 nitrogen and oxygen atoms in total. The van der Waals surface area contributed by atoms with E-state index >= 15 is 4.39 Å². The summed E-state index contributed by atoms with van der Waals surface area (Å²) >= 11 is 0. The zero-order chi connectivity index (χ0) is 29.4. The molecule has 3 saturated heterocycles. The fourth-order valence-electron chi connectivity index (χ4n) is 6.81. The summed E-state index contributed by atoms with van der Waals surface area (Å²) in [4.78, 5) is 39.8. The van der Waals surface area contributed by atoms with Gasteiger partial charge in [-0.2, -0.15) is 0 Å². The standard InChI is InChI=1S/C30H43F2N5O4/c1-29(2,3)41-28(40)33-20-16-30(17-20)8-12-36(13-9-30)18-19-6-10-37(11-7-19)25-15-21(31)24(14-22(25)32)34-23-4-5-26(38)35-27(23)39/h14-15,19-20,23,34H,4-13,16-18H2,1-3H3,(H,33,40)(H,35,38,39). The minimum absolute atomic E-state index is 0.0723. The van der Waals surface area contributed by atoms with Crippen LogP contribution >= 0.6 is 0 Å². The van der Waals surface area contributed by atoms with E-state index in [-0.39, 0.29) is 42.3 Å². The van der Waals surface area contributed by atoms with Crippen LogP contribution in [0.1, 0.15) is 72.1 Å². The van der Waals surface area contributed by atoms with Crippen LogP contribution in [0.3, 0.4) is 0 Å². The molecule has 1 unspecified atom stereocenters. The average molecular weight is 576 g/mol. The Morgan fingerprint density at radius 1 is 1.05 bits per heavy atom. The van der Waals surface area contributed by atoms with Gasteiger partial charge in [0.15, 0.2) is 0 Å². The van der Waals surface area contributed by atoms with Crippen LogP contribution in [0.2, 0.25) is 0 Å². The third-order valence-electron chi connectivity index (χ3n) is 9.07. The van der Waals surface area contributed by atoms with E-state index in [1.54, 1.807) is 0 Å². The van der Waals surface area contributed by atoms with Crippen molar-refractivity contribution in [2.24, 2.45) is 11.3 Å². The summed E-state index contributed by atoms with van der Waals surface area (Å²) < 4.78 is 35.3. The molecule has 1 saturated carbocycles. The van der Waals surface area contributed by atoms with Gasteiger partial charge in [-0.05, 0) is 90.1 Å². The lowest BCUT2D eigenvalue weighted by Gasteiger charge is -2.52. The molecule has 4 aliphatic rings. The van der Waals surface area contributed by atoms with Gasteiger partial charge in [-0.15, -0.1) is 0 Å². The molecule has 4 fully saturated rings. The lowest BCUT2D eigenvalue weighted by atomic mass is 9.60. The van der Waals surface area contributed by atoms with Gasteiger partial charge < -0.3 is 25.2 Å². The number of hydrogen-bond acceptors (Lipinski definition) is 7. The van der Waals surface area contributed by atoms with E-state index in [0.29, 0.717) is 24.4 Å². The van der Waals surface area contributed by atoms with E-state index in [4.69, 9.17) is 4.74 Å². The van der Waals surface area contributed by atoms with Crippen molar-refractivity contribution in [1.82, 2.24) is 15.5 Å². The van der Waals surface area contributed by atoms with Gasteiger partial charge in [0.05, 0.1) is 11.4 Å². The number of alkyl carbamates (subject to hydrolysis) is 1. The summed E-state index contributed by atoms with van der Waals surface area (Å²) in [7, 11) is 0. The van der Waals surface area contributed by atoms with E-state index in [9.17, 15) is 18.8 Å². The Morgan fingerprint density at radius 3 is 2.37 bits per heavy atom. The smallest absolute Gasteiger partial charge is 0.407 e. The fourth-order valence-corrected chi connectivity index (χ4v) is 6.81. The quantitative estimate of drug-likeness (QED) is 0.438. The molecule has 1 spiro atoms. The van der Waals surface area contributed by atoms with Crippen LogP contribution in [0, 0.1) is 23.0 Å². The number of halogens is 2. The van der Waals surface area contributed by atoms with Gasteiger partial charge in [-0.3, -0.25) is 14.9 Å². The van der Waals surface area contributed by atoms with E-state index in [1.165, 1.54) is 6.07 Å². The Balaban J connectivity index is 1.04. The zero-order valence-corrected chi connectivity index (χ0v) is 24.4. The maximum atomic E-state index is 15.0. The molecule has 1 aliphatic carbocycles. The van der Waals surface area contributed by atoms with E-state index in [2.05, 4.69) is 20.9 Å². The van der Waals surface area contributed by atoms with Crippen molar-refractivity contribution in [3.05, 3.63) is 23.8 Å². The highest BCUT2D eigenvalue weighted by atomic mass is 19.1. The first-order valence-corrected chi connectivity index (χ1v) is 14.9. The number of rotatable bonds is 6. The van der Waals surface area contributed by atoms with Crippen molar-refractivity contribution in [2.45, 2.75) is 89.8 Å². The molecule has 1 atom stereocenters. The Labute approximate surface area is 240 Å². The summed E-state index contributed by atoms with van der Waals surface area (Å²) in [6.07, 6.45) is 6.22. The lowest BCUT2D eigenvalue weighted by Crippen LogP contribution is -2.55. The maximum absolute atomic E-state index is 15.0. The number of hydrogen-bond donors (Lipinski definition) is 3. The minimum atomic E-state index is -0.771. The summed E-state index contributed by atoms with van der Waals surface area (Å²) in [6.45, 7) is 10.1. The van der Waals surface area contributed by atoms with Crippen LogP contribution in [0.5, 0.6) is 0 Å². The van der Waals surface area contributed by atoms with Gasteiger partial charge in [0.1, 0.15) is 23.3 Å². The van der Waals surface area contributed by atoms with Gasteiger partial charge >= 0.3 is 6.09 Å². The number of likely N-dealkylation sites (tertiary alicyclic amines) is 1. The highest BCUT2D eigenvalue weighted by molar-refractivity contribution is 6.01. The van der Waals surface area contributed by atoms with Crippen LogP contribution in [-0.4, -0.2) is 73.2 Å². The summed E-state index contributed by atoms with van der Waals surface area (Å²) in [5, 5.41) is 7.98. The molecule has 1 aromatic rings. The fraction of sp³-hybridized carbons (Fsp3) is 0.700. The van der Waals surface area contributed by atoms with Crippen LogP contribution < -0.4 is 20.9 Å². The first-order valence-electron chi connectivity index (χ1n) is 14.9. The normalized spacial score (nSPS) is 24.1. The van der Waals surface area contributed by atoms with Gasteiger partial charge in [-0.25, -0.2) is 13.6 Å². The maximum Gasteiger partial charge on any atom is 0.407 e. The molecule has 0 radical (unpaired) electrons. The second-order valence-corrected chi connectivity index (χ2v) is 13.4. The average Bonchev–Trinajstić information content (AvgIpc) is 2.87. The van der Waals surface area contributed by atoms with Crippen molar-refractivity contribution in [3.63, 3.8) is 0 Å². The minimum Gasteiger partial charge on any atom is -0.444 e. The van der Waals surface area contributed by atoms with Gasteiger partial charge in [-0.1, -0.05) is 0 Å². The summed E-state index contributed by atoms with van der Waals surface area (Å²) in [5.41, 5.74) is 0.0188. The SMILES string of the molecule is CC(C)(C)OC(=O)NC1CC2(CCN(CC3CCN(c4cc(F)c(NC5CCC(=O)NC5=O)cc4F)CC3)CC2)C1. The highest BCUT2D eigenvalue weighted by Crippen LogP contribution is 2.49. The molecule has 3 N–H and O–H groups in total. The number of carbonyl (C=O) groups is 3. The highest BCUT2D eigenvalue weighted by Gasteiger charge is 2.46. The number of imide groups is 1. The van der Waals surface area contributed by atoms with Crippen LogP contribution in [0.15, 0.2) is 12.1 Å². The van der Waals surface area contributed by atoms with Gasteiger partial charge in [0, 0.05) is 44.2 Å². The van der Waals surface area contributed by atoms with E-state index in [0.717, 1.165) is 64.2 Å². The predicted molar refractivity (Wildman–Crippen MR) is 152 cm³/mol. The number of piperidine rings is 3. The first kappa shape index (κ1) is 29.5. The number of anilines is 2. The summed E-state index contributed by atoms with van der Waals surface area (Å²) in [5.74, 6) is -1.51. The van der Waals surface area contributed by atoms with E-state index in [1.807, 2.05) is 25.7 Å². The second kappa shape index (κ2) is 11.7. The van der Waals surface area contributed by atoms with Crippen LogP contribution in [0.4, 0.5) is 25.0 Å². The van der Waals surface area contributed by atoms with Crippen molar-refractivity contribution in [3.8, 4) is 0 Å². The number of ether oxygens (including phenoxy) is 1. The monoisotopic (exact) mass is 575 g/mol. The third kappa shape index (κ3) is 7.28. The Bertz CT molecular complexity index is 1150. The molecule has 226 valence electrons. The predicted octanol–water partition coefficient (Wildman–Crippen LogP) is 4.17. The molecule has 0 bridgehead atoms. The number of nitrogens with one attached hydrogen (secondary N) is 3. The van der Waals surface area contributed by atoms with Gasteiger partial charge in [0.25, 0.3) is 0 Å². The Morgan fingerprint density at radius 2 is 1.73 bits per heavy atom. The Kier molecular flexibility index (Phi) is 8.46. The number of amides is 3. The number of nitrogens with zero attached hydrogens (tertiary/aromatic N) is 2. The molecular weight excluding hydrogens is 532 g/mol. The van der Waals surface area contributed by atoms with Crippen LogP contribution in [-0.2, 0) is 14.3 Å². The molecule has 11 heteroatoms. The van der Waals surface area contributed by atoms with Crippen LogP contribution in [0.25, 0.3) is 0 Å². The number of carbonyl (C=O) groups excluding carboxylic acids is 3. The zero-order valence-electron chi connectivity index (χ0n) is 24.4. The van der Waals surface area contributed by atoms with Crippen molar-refractivity contribution in [1.29, 1.82) is 0 Å². The van der Waals surface area contributed by atoms with Gasteiger partial charge in [0.2, 0.25) is 11.8 Å². The first-order chi connectivity index (χ1) is 19.4. The number of benzene rings is 1. The molecule has 0 aromatic heterocycles. The van der Waals surface area contributed by atoms with Crippen molar-refractivity contribution >= 4 is 29.3 Å². The molecule has 5 rings (SSSR count). The molecule has 3 amide bonds. The van der Waals surface area contributed by atoms with Crippen molar-refractivity contribution in [2.75, 3.05) is 42.9 Å². The molecule has 41 heavy (non-hydrogen) atoms. The van der Waals surface area contributed by atoms with E-state index < -0.39 is 29.2 Å². The molecular formula is C30H43F2N5O4. The Hall–Kier alpha value is -2.95.